The van der Waals surface area contributed by atoms with E-state index in [9.17, 15) is 9.59 Å². The lowest BCUT2D eigenvalue weighted by atomic mass is 10.1. The first kappa shape index (κ1) is 19.0. The first-order valence-corrected chi connectivity index (χ1v) is 8.27. The quantitative estimate of drug-likeness (QED) is 0.679. The highest BCUT2D eigenvalue weighted by Crippen LogP contribution is 2.13. The fraction of sp³-hybridized carbons (Fsp3) is 0.143. The SMILES string of the molecule is C=CCN(CC=Cc1ccccc1)C(=O)c1cccc(NCC(=O)O)c1. The molecule has 0 unspecified atom stereocenters. The van der Waals surface area contributed by atoms with Crippen LogP contribution in [-0.2, 0) is 4.79 Å². The topological polar surface area (TPSA) is 69.6 Å². The van der Waals surface area contributed by atoms with Gasteiger partial charge in [-0.15, -0.1) is 6.58 Å². The number of anilines is 1. The van der Waals surface area contributed by atoms with E-state index in [1.165, 1.54) is 0 Å². The first-order valence-electron chi connectivity index (χ1n) is 8.27. The van der Waals surface area contributed by atoms with Gasteiger partial charge in [0.2, 0.25) is 0 Å². The summed E-state index contributed by atoms with van der Waals surface area (Å²) in [5.74, 6) is -1.09. The summed E-state index contributed by atoms with van der Waals surface area (Å²) in [5, 5.41) is 11.5. The number of hydrogen-bond acceptors (Lipinski definition) is 3. The average Bonchev–Trinajstić information content (AvgIpc) is 2.66. The third kappa shape index (κ3) is 5.94. The number of aliphatic carboxylic acids is 1. The zero-order chi connectivity index (χ0) is 18.8. The lowest BCUT2D eigenvalue weighted by molar-refractivity contribution is -0.134. The molecule has 134 valence electrons. The van der Waals surface area contributed by atoms with Crippen LogP contribution in [-0.4, -0.2) is 41.5 Å². The highest BCUT2D eigenvalue weighted by Gasteiger charge is 2.14. The number of amides is 1. The highest BCUT2D eigenvalue weighted by atomic mass is 16.4. The third-order valence-corrected chi connectivity index (χ3v) is 3.63. The highest BCUT2D eigenvalue weighted by molar-refractivity contribution is 5.95. The van der Waals surface area contributed by atoms with Crippen LogP contribution in [0.25, 0.3) is 6.08 Å². The molecular weight excluding hydrogens is 328 g/mol. The second-order valence-corrected chi connectivity index (χ2v) is 5.64. The van der Waals surface area contributed by atoms with Crippen LogP contribution < -0.4 is 5.32 Å². The second-order valence-electron chi connectivity index (χ2n) is 5.64. The van der Waals surface area contributed by atoms with E-state index in [0.717, 1.165) is 5.56 Å². The molecule has 0 spiro atoms. The number of carboxylic acid groups (broad SMARTS) is 1. The molecular formula is C21H22N2O3. The molecule has 2 aromatic rings. The van der Waals surface area contributed by atoms with Gasteiger partial charge in [0.25, 0.3) is 5.91 Å². The van der Waals surface area contributed by atoms with Gasteiger partial charge >= 0.3 is 5.97 Å². The normalized spacial score (nSPS) is 10.5. The Morgan fingerprint density at radius 3 is 2.54 bits per heavy atom. The van der Waals surface area contributed by atoms with Gasteiger partial charge in [0, 0.05) is 24.3 Å². The Kier molecular flexibility index (Phi) is 7.18. The van der Waals surface area contributed by atoms with Crippen LogP contribution in [0.2, 0.25) is 0 Å². The Morgan fingerprint density at radius 1 is 1.08 bits per heavy atom. The summed E-state index contributed by atoms with van der Waals surface area (Å²) in [5.41, 5.74) is 2.16. The molecule has 0 radical (unpaired) electrons. The van der Waals surface area contributed by atoms with Crippen LogP contribution in [0.3, 0.4) is 0 Å². The van der Waals surface area contributed by atoms with Crippen molar-refractivity contribution in [1.82, 2.24) is 4.90 Å². The molecule has 0 fully saturated rings. The molecule has 0 bridgehead atoms. The number of carbonyl (C=O) groups excluding carboxylic acids is 1. The summed E-state index contributed by atoms with van der Waals surface area (Å²) in [7, 11) is 0. The van der Waals surface area contributed by atoms with Crippen LogP contribution in [0.5, 0.6) is 0 Å². The lowest BCUT2D eigenvalue weighted by Gasteiger charge is -2.20. The molecule has 0 aromatic heterocycles. The molecule has 0 heterocycles. The fourth-order valence-corrected chi connectivity index (χ4v) is 2.40. The largest absolute Gasteiger partial charge is 0.480 e. The maximum Gasteiger partial charge on any atom is 0.322 e. The van der Waals surface area contributed by atoms with Gasteiger partial charge in [-0.25, -0.2) is 0 Å². The Bertz CT molecular complexity index is 785. The monoisotopic (exact) mass is 350 g/mol. The zero-order valence-electron chi connectivity index (χ0n) is 14.5. The van der Waals surface area contributed by atoms with E-state index in [-0.39, 0.29) is 12.5 Å². The van der Waals surface area contributed by atoms with Crippen molar-refractivity contribution in [2.75, 3.05) is 25.0 Å². The molecule has 1 amide bonds. The maximum absolute atomic E-state index is 12.8. The molecule has 5 heteroatoms. The number of hydrogen-bond donors (Lipinski definition) is 2. The van der Waals surface area contributed by atoms with Gasteiger partial charge in [0.15, 0.2) is 0 Å². The fourth-order valence-electron chi connectivity index (χ4n) is 2.40. The molecule has 0 saturated heterocycles. The number of nitrogens with one attached hydrogen (secondary N) is 1. The second kappa shape index (κ2) is 9.84. The molecule has 5 nitrogen and oxygen atoms in total. The number of carboxylic acids is 1. The van der Waals surface area contributed by atoms with E-state index in [0.29, 0.717) is 24.3 Å². The molecule has 0 aliphatic rings. The molecule has 0 atom stereocenters. The van der Waals surface area contributed by atoms with E-state index in [4.69, 9.17) is 5.11 Å². The zero-order valence-corrected chi connectivity index (χ0v) is 14.5. The molecule has 2 aromatic carbocycles. The Morgan fingerprint density at radius 2 is 1.85 bits per heavy atom. The number of nitrogens with zero attached hydrogens (tertiary/aromatic N) is 1. The lowest BCUT2D eigenvalue weighted by Crippen LogP contribution is -2.31. The van der Waals surface area contributed by atoms with Gasteiger partial charge in [-0.2, -0.15) is 0 Å². The molecule has 2 N–H and O–H groups in total. The van der Waals surface area contributed by atoms with Crippen LogP contribution >= 0.6 is 0 Å². The standard InChI is InChI=1S/C21H22N2O3/c1-2-13-23(14-7-10-17-8-4-3-5-9-17)21(26)18-11-6-12-19(15-18)22-16-20(24)25/h2-12,15,22H,1,13-14,16H2,(H,24,25). The Hall–Kier alpha value is -3.34. The van der Waals surface area contributed by atoms with Crippen LogP contribution in [0.1, 0.15) is 15.9 Å². The minimum atomic E-state index is -0.957. The van der Waals surface area contributed by atoms with Gasteiger partial charge < -0.3 is 15.3 Å². The Labute approximate surface area is 153 Å². The molecule has 0 saturated carbocycles. The first-order chi connectivity index (χ1) is 12.6. The number of rotatable bonds is 9. The van der Waals surface area contributed by atoms with Crippen LogP contribution in [0, 0.1) is 0 Å². The average molecular weight is 350 g/mol. The Balaban J connectivity index is 2.07. The van der Waals surface area contributed by atoms with Crippen LogP contribution in [0.15, 0.2) is 73.3 Å². The van der Waals surface area contributed by atoms with Crippen LogP contribution in [0.4, 0.5) is 5.69 Å². The summed E-state index contributed by atoms with van der Waals surface area (Å²) in [6.07, 6.45) is 5.58. The molecule has 0 aliphatic heterocycles. The summed E-state index contributed by atoms with van der Waals surface area (Å²) >= 11 is 0. The minimum Gasteiger partial charge on any atom is -0.480 e. The van der Waals surface area contributed by atoms with E-state index in [2.05, 4.69) is 11.9 Å². The van der Waals surface area contributed by atoms with Crippen molar-refractivity contribution in [2.24, 2.45) is 0 Å². The van der Waals surface area contributed by atoms with Crippen molar-refractivity contribution in [1.29, 1.82) is 0 Å². The summed E-state index contributed by atoms with van der Waals surface area (Å²) in [6, 6.07) is 16.7. The van der Waals surface area contributed by atoms with E-state index < -0.39 is 5.97 Å². The summed E-state index contributed by atoms with van der Waals surface area (Å²) < 4.78 is 0. The molecule has 26 heavy (non-hydrogen) atoms. The maximum atomic E-state index is 12.8. The third-order valence-electron chi connectivity index (χ3n) is 3.63. The summed E-state index contributed by atoms with van der Waals surface area (Å²) in [6.45, 7) is 4.39. The summed E-state index contributed by atoms with van der Waals surface area (Å²) in [4.78, 5) is 25.1. The van der Waals surface area contributed by atoms with Gasteiger partial charge in [0.1, 0.15) is 6.54 Å². The van der Waals surface area contributed by atoms with Crippen molar-refractivity contribution in [3.8, 4) is 0 Å². The van der Waals surface area contributed by atoms with Gasteiger partial charge in [0.05, 0.1) is 0 Å². The molecule has 2 rings (SSSR count). The van der Waals surface area contributed by atoms with E-state index in [1.807, 2.05) is 42.5 Å². The number of carbonyl (C=O) groups is 2. The van der Waals surface area contributed by atoms with Gasteiger partial charge in [-0.05, 0) is 23.8 Å². The van der Waals surface area contributed by atoms with Gasteiger partial charge in [-0.3, -0.25) is 9.59 Å². The van der Waals surface area contributed by atoms with E-state index >= 15 is 0 Å². The van der Waals surface area contributed by atoms with Crippen molar-refractivity contribution in [2.45, 2.75) is 0 Å². The van der Waals surface area contributed by atoms with Crippen molar-refractivity contribution >= 4 is 23.6 Å². The van der Waals surface area contributed by atoms with Crippen molar-refractivity contribution in [3.05, 3.63) is 84.5 Å². The van der Waals surface area contributed by atoms with Crippen molar-refractivity contribution < 1.29 is 14.7 Å². The van der Waals surface area contributed by atoms with Gasteiger partial charge in [-0.1, -0.05) is 54.6 Å². The van der Waals surface area contributed by atoms with Crippen molar-refractivity contribution in [3.63, 3.8) is 0 Å². The minimum absolute atomic E-state index is 0.137. The van der Waals surface area contributed by atoms with E-state index in [1.54, 1.807) is 35.2 Å². The number of benzene rings is 2. The smallest absolute Gasteiger partial charge is 0.322 e. The molecule has 0 aliphatic carbocycles. The predicted octanol–water partition coefficient (Wildman–Crippen LogP) is 3.52. The predicted molar refractivity (Wildman–Crippen MR) is 104 cm³/mol.